The molecule has 0 spiro atoms. The highest BCUT2D eigenvalue weighted by Gasteiger charge is 2.11. The number of nitrogens with zero attached hydrogens (tertiary/aromatic N) is 1. The zero-order valence-corrected chi connectivity index (χ0v) is 9.87. The zero-order chi connectivity index (χ0) is 11.5. The monoisotopic (exact) mass is 216 g/mol. The molecule has 1 N–H and O–H groups in total. The number of hydrogen-bond acceptors (Lipinski definition) is 3. The molecule has 1 aromatic heterocycles. The summed E-state index contributed by atoms with van der Waals surface area (Å²) < 4.78 is 5.47. The molecule has 1 aromatic carbocycles. The maximum absolute atomic E-state index is 5.47. The van der Waals surface area contributed by atoms with E-state index in [9.17, 15) is 0 Å². The van der Waals surface area contributed by atoms with E-state index in [2.05, 4.69) is 42.3 Å². The molecule has 3 heteroatoms. The van der Waals surface area contributed by atoms with Crippen LogP contribution in [0.2, 0.25) is 0 Å². The number of aromatic nitrogens is 1. The van der Waals surface area contributed by atoms with Crippen LogP contribution in [-0.2, 0) is 6.54 Å². The summed E-state index contributed by atoms with van der Waals surface area (Å²) in [4.78, 5) is 4.22. The molecule has 2 rings (SSSR count). The Kier molecular flexibility index (Phi) is 3.06. The third-order valence-corrected chi connectivity index (χ3v) is 2.61. The molecule has 84 valence electrons. The highest BCUT2D eigenvalue weighted by Crippen LogP contribution is 2.26. The minimum atomic E-state index is 0.721. The summed E-state index contributed by atoms with van der Waals surface area (Å²) in [6, 6.07) is 6.33. The van der Waals surface area contributed by atoms with Crippen LogP contribution in [0, 0.1) is 13.8 Å². The molecule has 0 unspecified atom stereocenters. The summed E-state index contributed by atoms with van der Waals surface area (Å²) in [5.74, 6) is 0.867. The van der Waals surface area contributed by atoms with Crippen molar-refractivity contribution in [2.75, 3.05) is 7.05 Å². The van der Waals surface area contributed by atoms with E-state index >= 15 is 0 Å². The molecule has 3 nitrogen and oxygen atoms in total. The fourth-order valence-corrected chi connectivity index (χ4v) is 1.85. The molecule has 0 fully saturated rings. The predicted octanol–water partition coefficient (Wildman–Crippen LogP) is 2.68. The van der Waals surface area contributed by atoms with Crippen LogP contribution in [-0.4, -0.2) is 12.0 Å². The van der Waals surface area contributed by atoms with Gasteiger partial charge in [-0.25, -0.2) is 4.98 Å². The highest BCUT2D eigenvalue weighted by atomic mass is 16.3. The van der Waals surface area contributed by atoms with Crippen LogP contribution < -0.4 is 5.32 Å². The number of nitrogens with one attached hydrogen (secondary N) is 1. The molecule has 0 aliphatic heterocycles. The first-order chi connectivity index (χ1) is 7.72. The van der Waals surface area contributed by atoms with Gasteiger partial charge in [0.2, 0.25) is 0 Å². The Morgan fingerprint density at radius 3 is 2.81 bits per heavy atom. The van der Waals surface area contributed by atoms with E-state index in [0.717, 1.165) is 23.6 Å². The number of rotatable bonds is 3. The van der Waals surface area contributed by atoms with Gasteiger partial charge < -0.3 is 9.73 Å². The van der Waals surface area contributed by atoms with Crippen LogP contribution in [0.25, 0.3) is 11.3 Å². The summed E-state index contributed by atoms with van der Waals surface area (Å²) in [5.41, 5.74) is 4.55. The number of hydrogen-bond donors (Lipinski definition) is 1. The normalized spacial score (nSPS) is 10.7. The summed E-state index contributed by atoms with van der Waals surface area (Å²) in [6.45, 7) is 4.90. The van der Waals surface area contributed by atoms with Crippen LogP contribution in [0.5, 0.6) is 0 Å². The van der Waals surface area contributed by atoms with Crippen molar-refractivity contribution >= 4 is 0 Å². The third kappa shape index (κ3) is 1.99. The largest absolute Gasteiger partial charge is 0.443 e. The van der Waals surface area contributed by atoms with Crippen molar-refractivity contribution in [1.29, 1.82) is 0 Å². The third-order valence-electron chi connectivity index (χ3n) is 2.61. The van der Waals surface area contributed by atoms with Gasteiger partial charge in [-0.1, -0.05) is 23.8 Å². The minimum absolute atomic E-state index is 0.721. The SMILES string of the molecule is CNCc1ncoc1-c1ccc(C)cc1C. The molecule has 0 saturated heterocycles. The summed E-state index contributed by atoms with van der Waals surface area (Å²) in [6.07, 6.45) is 1.50. The van der Waals surface area contributed by atoms with E-state index in [1.807, 2.05) is 7.05 Å². The van der Waals surface area contributed by atoms with Gasteiger partial charge in [0.15, 0.2) is 12.2 Å². The van der Waals surface area contributed by atoms with Gasteiger partial charge in [-0.15, -0.1) is 0 Å². The maximum Gasteiger partial charge on any atom is 0.181 e. The molecule has 16 heavy (non-hydrogen) atoms. The van der Waals surface area contributed by atoms with Crippen LogP contribution in [0.15, 0.2) is 29.0 Å². The van der Waals surface area contributed by atoms with Crippen molar-refractivity contribution in [3.8, 4) is 11.3 Å². The molecule has 0 aliphatic carbocycles. The van der Waals surface area contributed by atoms with E-state index in [0.29, 0.717) is 0 Å². The molecule has 1 heterocycles. The van der Waals surface area contributed by atoms with Crippen LogP contribution >= 0.6 is 0 Å². The van der Waals surface area contributed by atoms with Gasteiger partial charge in [0.1, 0.15) is 5.69 Å². The summed E-state index contributed by atoms with van der Waals surface area (Å²) in [5, 5.41) is 3.09. The van der Waals surface area contributed by atoms with Gasteiger partial charge >= 0.3 is 0 Å². The minimum Gasteiger partial charge on any atom is -0.443 e. The lowest BCUT2D eigenvalue weighted by atomic mass is 10.0. The molecule has 0 aliphatic rings. The van der Waals surface area contributed by atoms with E-state index < -0.39 is 0 Å². The van der Waals surface area contributed by atoms with Gasteiger partial charge in [-0.3, -0.25) is 0 Å². The van der Waals surface area contributed by atoms with E-state index in [4.69, 9.17) is 4.42 Å². The fourth-order valence-electron chi connectivity index (χ4n) is 1.85. The second kappa shape index (κ2) is 4.49. The Morgan fingerprint density at radius 1 is 1.31 bits per heavy atom. The second-order valence-electron chi connectivity index (χ2n) is 3.98. The van der Waals surface area contributed by atoms with Crippen LogP contribution in [0.4, 0.5) is 0 Å². The molecule has 2 aromatic rings. The quantitative estimate of drug-likeness (QED) is 0.857. The van der Waals surface area contributed by atoms with E-state index in [-0.39, 0.29) is 0 Å². The predicted molar refractivity (Wildman–Crippen MR) is 64.2 cm³/mol. The van der Waals surface area contributed by atoms with Gasteiger partial charge in [-0.05, 0) is 26.5 Å². The first-order valence-corrected chi connectivity index (χ1v) is 5.37. The standard InChI is InChI=1S/C13H16N2O/c1-9-4-5-11(10(2)6-9)13-12(7-14-3)15-8-16-13/h4-6,8,14H,7H2,1-3H3. The molecular formula is C13H16N2O. The Hall–Kier alpha value is -1.61. The van der Waals surface area contributed by atoms with Gasteiger partial charge in [0, 0.05) is 12.1 Å². The highest BCUT2D eigenvalue weighted by molar-refractivity contribution is 5.64. The smallest absolute Gasteiger partial charge is 0.181 e. The van der Waals surface area contributed by atoms with Crippen molar-refractivity contribution in [3.05, 3.63) is 41.4 Å². The lowest BCUT2D eigenvalue weighted by Crippen LogP contribution is -2.06. The first-order valence-electron chi connectivity index (χ1n) is 5.37. The van der Waals surface area contributed by atoms with Crippen molar-refractivity contribution in [2.24, 2.45) is 0 Å². The van der Waals surface area contributed by atoms with Crippen LogP contribution in [0.3, 0.4) is 0 Å². The molecular weight excluding hydrogens is 200 g/mol. The maximum atomic E-state index is 5.47. The van der Waals surface area contributed by atoms with Gasteiger partial charge in [-0.2, -0.15) is 0 Å². The van der Waals surface area contributed by atoms with Crippen molar-refractivity contribution < 1.29 is 4.42 Å². The second-order valence-corrected chi connectivity index (χ2v) is 3.98. The Balaban J connectivity index is 2.46. The number of aryl methyl sites for hydroxylation is 2. The average Bonchev–Trinajstić information content (AvgIpc) is 2.67. The van der Waals surface area contributed by atoms with Crippen molar-refractivity contribution in [1.82, 2.24) is 10.3 Å². The molecule has 0 bridgehead atoms. The number of benzene rings is 1. The van der Waals surface area contributed by atoms with E-state index in [1.54, 1.807) is 0 Å². The first kappa shape index (κ1) is 10.9. The van der Waals surface area contributed by atoms with Gasteiger partial charge in [0.05, 0.1) is 0 Å². The van der Waals surface area contributed by atoms with Crippen molar-refractivity contribution in [3.63, 3.8) is 0 Å². The molecule has 0 radical (unpaired) electrons. The Labute approximate surface area is 95.5 Å². The van der Waals surface area contributed by atoms with Crippen LogP contribution in [0.1, 0.15) is 16.8 Å². The Morgan fingerprint density at radius 2 is 2.12 bits per heavy atom. The topological polar surface area (TPSA) is 38.1 Å². The number of oxazole rings is 1. The van der Waals surface area contributed by atoms with Gasteiger partial charge in [0.25, 0.3) is 0 Å². The Bertz CT molecular complexity index is 488. The molecule has 0 atom stereocenters. The lowest BCUT2D eigenvalue weighted by Gasteiger charge is -2.05. The summed E-state index contributed by atoms with van der Waals surface area (Å²) in [7, 11) is 1.90. The fraction of sp³-hybridized carbons (Fsp3) is 0.308. The molecule has 0 amide bonds. The zero-order valence-electron chi connectivity index (χ0n) is 9.87. The average molecular weight is 216 g/mol. The van der Waals surface area contributed by atoms with E-state index in [1.165, 1.54) is 17.5 Å². The molecule has 0 saturated carbocycles. The van der Waals surface area contributed by atoms with Crippen molar-refractivity contribution in [2.45, 2.75) is 20.4 Å². The lowest BCUT2D eigenvalue weighted by molar-refractivity contribution is 0.570. The summed E-state index contributed by atoms with van der Waals surface area (Å²) >= 11 is 0.